The predicted molar refractivity (Wildman–Crippen MR) is 116 cm³/mol. The minimum absolute atomic E-state index is 0.166. The van der Waals surface area contributed by atoms with Crippen LogP contribution in [0.15, 0.2) is 54.6 Å². The lowest BCUT2D eigenvalue weighted by atomic mass is 10.0. The highest BCUT2D eigenvalue weighted by Crippen LogP contribution is 2.20. The number of amides is 2. The Hall–Kier alpha value is -3.12. The van der Waals surface area contributed by atoms with Crippen LogP contribution in [0.25, 0.3) is 10.9 Å². The van der Waals surface area contributed by atoms with E-state index in [1.165, 1.54) is 0 Å². The highest BCUT2D eigenvalue weighted by molar-refractivity contribution is 6.31. The standard InChI is InChI=1S/C23H22ClN3O3/c24-17-6-7-19-16(13-17)14-20(25-19)22(29)26-21(12-15-4-2-1-3-5-15)23(30)27-10-8-18(28)9-11-27/h1-7,13-14,21,25H,8-12H2,(H,26,29). The van der Waals surface area contributed by atoms with Crippen LogP contribution in [0.2, 0.25) is 5.02 Å². The number of aromatic nitrogens is 1. The van der Waals surface area contributed by atoms with Gasteiger partial charge >= 0.3 is 0 Å². The quantitative estimate of drug-likeness (QED) is 0.660. The third kappa shape index (κ3) is 4.54. The molecule has 30 heavy (non-hydrogen) atoms. The van der Waals surface area contributed by atoms with E-state index in [0.29, 0.717) is 43.1 Å². The van der Waals surface area contributed by atoms with Gasteiger partial charge in [-0.05, 0) is 29.8 Å². The van der Waals surface area contributed by atoms with Crippen molar-refractivity contribution < 1.29 is 14.4 Å². The number of aromatic amines is 1. The Labute approximate surface area is 179 Å². The molecule has 0 aliphatic carbocycles. The van der Waals surface area contributed by atoms with Gasteiger partial charge in [0.05, 0.1) is 0 Å². The first-order chi connectivity index (χ1) is 14.5. The van der Waals surface area contributed by atoms with Crippen molar-refractivity contribution in [2.75, 3.05) is 13.1 Å². The van der Waals surface area contributed by atoms with Gasteiger partial charge in [-0.25, -0.2) is 0 Å². The van der Waals surface area contributed by atoms with Crippen LogP contribution in [0.3, 0.4) is 0 Å². The zero-order valence-corrected chi connectivity index (χ0v) is 17.1. The van der Waals surface area contributed by atoms with Gasteiger partial charge in [-0.2, -0.15) is 0 Å². The molecule has 0 spiro atoms. The molecule has 4 rings (SSSR count). The maximum absolute atomic E-state index is 13.2. The van der Waals surface area contributed by atoms with Crippen LogP contribution in [-0.2, 0) is 16.0 Å². The lowest BCUT2D eigenvalue weighted by Gasteiger charge is -2.30. The Morgan fingerprint density at radius 1 is 1.07 bits per heavy atom. The average Bonchev–Trinajstić information content (AvgIpc) is 3.17. The van der Waals surface area contributed by atoms with Crippen LogP contribution in [0.4, 0.5) is 0 Å². The highest BCUT2D eigenvalue weighted by atomic mass is 35.5. The van der Waals surface area contributed by atoms with Gasteiger partial charge in [-0.15, -0.1) is 0 Å². The number of ketones is 1. The Balaban J connectivity index is 1.55. The number of hydrogen-bond donors (Lipinski definition) is 2. The number of rotatable bonds is 5. The molecule has 154 valence electrons. The van der Waals surface area contributed by atoms with E-state index in [2.05, 4.69) is 10.3 Å². The fourth-order valence-corrected chi connectivity index (χ4v) is 3.89. The molecule has 6 nitrogen and oxygen atoms in total. The molecule has 7 heteroatoms. The van der Waals surface area contributed by atoms with Gasteiger partial charge in [0.15, 0.2) is 0 Å². The highest BCUT2D eigenvalue weighted by Gasteiger charge is 2.29. The molecule has 0 radical (unpaired) electrons. The third-order valence-electron chi connectivity index (χ3n) is 5.35. The van der Waals surface area contributed by atoms with Crippen molar-refractivity contribution in [1.29, 1.82) is 0 Å². The zero-order valence-electron chi connectivity index (χ0n) is 16.4. The number of carbonyl (C=O) groups excluding carboxylic acids is 3. The first-order valence-electron chi connectivity index (χ1n) is 9.93. The molecule has 1 saturated heterocycles. The Morgan fingerprint density at radius 3 is 2.53 bits per heavy atom. The van der Waals surface area contributed by atoms with Crippen molar-refractivity contribution in [3.63, 3.8) is 0 Å². The number of benzene rings is 2. The van der Waals surface area contributed by atoms with E-state index >= 15 is 0 Å². The van der Waals surface area contributed by atoms with E-state index in [9.17, 15) is 14.4 Å². The molecule has 0 saturated carbocycles. The number of carbonyl (C=O) groups is 3. The van der Waals surface area contributed by atoms with Crippen molar-refractivity contribution in [3.05, 3.63) is 70.9 Å². The van der Waals surface area contributed by atoms with Gasteiger partial charge in [-0.1, -0.05) is 41.9 Å². The number of piperidine rings is 1. The lowest BCUT2D eigenvalue weighted by molar-refractivity contribution is -0.136. The van der Waals surface area contributed by atoms with E-state index in [4.69, 9.17) is 11.6 Å². The molecule has 2 N–H and O–H groups in total. The largest absolute Gasteiger partial charge is 0.351 e. The summed E-state index contributed by atoms with van der Waals surface area (Å²) in [4.78, 5) is 42.4. The summed E-state index contributed by atoms with van der Waals surface area (Å²) in [5.74, 6) is -0.358. The summed E-state index contributed by atoms with van der Waals surface area (Å²) in [6.07, 6.45) is 1.10. The number of halogens is 1. The van der Waals surface area contributed by atoms with E-state index in [0.717, 1.165) is 16.5 Å². The Morgan fingerprint density at radius 2 is 1.80 bits per heavy atom. The van der Waals surface area contributed by atoms with Crippen molar-refractivity contribution in [3.8, 4) is 0 Å². The number of hydrogen-bond acceptors (Lipinski definition) is 3. The summed E-state index contributed by atoms with van der Waals surface area (Å²) in [6, 6.07) is 15.9. The molecule has 1 unspecified atom stereocenters. The van der Waals surface area contributed by atoms with Crippen LogP contribution in [0.1, 0.15) is 28.9 Å². The smallest absolute Gasteiger partial charge is 0.268 e. The van der Waals surface area contributed by atoms with E-state index in [1.54, 1.807) is 23.1 Å². The van der Waals surface area contributed by atoms with Crippen LogP contribution >= 0.6 is 11.6 Å². The SMILES string of the molecule is O=C1CCN(C(=O)C(Cc2ccccc2)NC(=O)c2cc3cc(Cl)ccc3[nH]2)CC1. The molecule has 1 aromatic heterocycles. The molecule has 0 bridgehead atoms. The van der Waals surface area contributed by atoms with Gasteiger partial charge in [0.2, 0.25) is 5.91 Å². The summed E-state index contributed by atoms with van der Waals surface area (Å²) in [6.45, 7) is 0.785. The summed E-state index contributed by atoms with van der Waals surface area (Å²) in [5.41, 5.74) is 2.12. The van der Waals surface area contributed by atoms with Crippen LogP contribution in [-0.4, -0.2) is 46.6 Å². The molecule has 2 heterocycles. The van der Waals surface area contributed by atoms with Crippen LogP contribution in [0, 0.1) is 0 Å². The molecule has 2 amide bonds. The molecule has 2 aromatic carbocycles. The number of H-pyrrole nitrogens is 1. The van der Waals surface area contributed by atoms with Crippen molar-refractivity contribution in [2.24, 2.45) is 0 Å². The zero-order chi connectivity index (χ0) is 21.1. The van der Waals surface area contributed by atoms with Crippen LogP contribution < -0.4 is 5.32 Å². The number of Topliss-reactive ketones (excluding diaryl/α,β-unsaturated/α-hetero) is 1. The summed E-state index contributed by atoms with van der Waals surface area (Å²) < 4.78 is 0. The topological polar surface area (TPSA) is 82.3 Å². The molecule has 3 aromatic rings. The van der Waals surface area contributed by atoms with Crippen LogP contribution in [0.5, 0.6) is 0 Å². The molecular formula is C23H22ClN3O3. The van der Waals surface area contributed by atoms with Crippen molar-refractivity contribution >= 4 is 40.1 Å². The molecule has 1 aliphatic rings. The van der Waals surface area contributed by atoms with Gasteiger partial charge in [0.1, 0.15) is 17.5 Å². The van der Waals surface area contributed by atoms with Gasteiger partial charge in [0.25, 0.3) is 5.91 Å². The maximum Gasteiger partial charge on any atom is 0.268 e. The lowest BCUT2D eigenvalue weighted by Crippen LogP contribution is -2.51. The summed E-state index contributed by atoms with van der Waals surface area (Å²) in [5, 5.41) is 4.30. The third-order valence-corrected chi connectivity index (χ3v) is 5.58. The van der Waals surface area contributed by atoms with E-state index in [1.807, 2.05) is 36.4 Å². The van der Waals surface area contributed by atoms with Gasteiger partial charge in [0, 0.05) is 48.3 Å². The number of nitrogens with one attached hydrogen (secondary N) is 2. The van der Waals surface area contributed by atoms with Gasteiger partial charge < -0.3 is 15.2 Å². The van der Waals surface area contributed by atoms with E-state index < -0.39 is 6.04 Å². The molecular weight excluding hydrogens is 402 g/mol. The second kappa shape index (κ2) is 8.71. The maximum atomic E-state index is 13.2. The first kappa shape index (κ1) is 20.2. The first-order valence-corrected chi connectivity index (χ1v) is 10.3. The molecule has 1 fully saturated rings. The van der Waals surface area contributed by atoms with E-state index in [-0.39, 0.29) is 17.6 Å². The number of nitrogens with zero attached hydrogens (tertiary/aromatic N) is 1. The monoisotopic (exact) mass is 423 g/mol. The Bertz CT molecular complexity index is 1080. The minimum atomic E-state index is -0.719. The molecule has 1 aliphatic heterocycles. The molecule has 1 atom stereocenters. The minimum Gasteiger partial charge on any atom is -0.351 e. The summed E-state index contributed by atoms with van der Waals surface area (Å²) >= 11 is 6.03. The fourth-order valence-electron chi connectivity index (χ4n) is 3.71. The number of likely N-dealkylation sites (tertiary alicyclic amines) is 1. The average molecular weight is 424 g/mol. The second-order valence-electron chi connectivity index (χ2n) is 7.49. The summed E-state index contributed by atoms with van der Waals surface area (Å²) in [7, 11) is 0. The second-order valence-corrected chi connectivity index (χ2v) is 7.93. The van der Waals surface area contributed by atoms with Gasteiger partial charge in [-0.3, -0.25) is 14.4 Å². The number of fused-ring (bicyclic) bond motifs is 1. The van der Waals surface area contributed by atoms with Crippen molar-refractivity contribution in [1.82, 2.24) is 15.2 Å². The Kier molecular flexibility index (Phi) is 5.86. The fraction of sp³-hybridized carbons (Fsp3) is 0.261. The predicted octanol–water partition coefficient (Wildman–Crippen LogP) is 3.35. The van der Waals surface area contributed by atoms with Crippen molar-refractivity contribution in [2.45, 2.75) is 25.3 Å². The normalized spacial score (nSPS) is 15.2.